The van der Waals surface area contributed by atoms with E-state index < -0.39 is 6.10 Å². The maximum absolute atomic E-state index is 12.8. The molecule has 1 fully saturated rings. The molecular weight excluding hydrogens is 470 g/mol. The molecule has 0 saturated heterocycles. The lowest BCUT2D eigenvalue weighted by molar-refractivity contribution is -0.121. The summed E-state index contributed by atoms with van der Waals surface area (Å²) in [5, 5.41) is 31.2. The zero-order valence-corrected chi connectivity index (χ0v) is 21.4. The lowest BCUT2D eigenvalue weighted by atomic mass is 9.86. The Kier molecular flexibility index (Phi) is 9.12. The first-order valence-electron chi connectivity index (χ1n) is 13.1. The molecule has 2 atom stereocenters. The van der Waals surface area contributed by atoms with Crippen molar-refractivity contribution in [2.45, 2.75) is 70.0 Å². The van der Waals surface area contributed by atoms with E-state index in [1.54, 1.807) is 24.3 Å². The number of hydrogen-bond donors (Lipinski definition) is 4. The Hall–Kier alpha value is -3.45. The van der Waals surface area contributed by atoms with Gasteiger partial charge in [0.25, 0.3) is 0 Å². The highest BCUT2D eigenvalue weighted by atomic mass is 16.5. The molecule has 0 spiro atoms. The van der Waals surface area contributed by atoms with Gasteiger partial charge in [-0.2, -0.15) is 0 Å². The summed E-state index contributed by atoms with van der Waals surface area (Å²) in [6.45, 7) is 0. The number of methoxy groups -OCH3 is 1. The van der Waals surface area contributed by atoms with Crippen molar-refractivity contribution >= 4 is 5.78 Å². The Morgan fingerprint density at radius 2 is 1.65 bits per heavy atom. The van der Waals surface area contributed by atoms with E-state index in [4.69, 9.17) is 9.47 Å². The van der Waals surface area contributed by atoms with Crippen LogP contribution < -0.4 is 9.47 Å². The van der Waals surface area contributed by atoms with Gasteiger partial charge in [0.15, 0.2) is 23.0 Å². The second-order valence-corrected chi connectivity index (χ2v) is 10.0. The summed E-state index contributed by atoms with van der Waals surface area (Å²) in [7, 11) is 1.49. The first kappa shape index (κ1) is 26.6. The smallest absolute Gasteiger partial charge is 0.161 e. The van der Waals surface area contributed by atoms with Crippen molar-refractivity contribution in [3.05, 3.63) is 71.5 Å². The lowest BCUT2D eigenvalue weighted by Gasteiger charge is -2.23. The van der Waals surface area contributed by atoms with Crippen LogP contribution >= 0.6 is 0 Å². The molecule has 1 aromatic heterocycles. The highest BCUT2D eigenvalue weighted by Gasteiger charge is 2.24. The minimum atomic E-state index is -0.815. The highest BCUT2D eigenvalue weighted by molar-refractivity contribution is 5.79. The number of aliphatic hydroxyl groups excluding tert-OH is 1. The number of H-pyrrole nitrogens is 1. The van der Waals surface area contributed by atoms with Gasteiger partial charge in [-0.3, -0.25) is 4.79 Å². The fraction of sp³-hybridized carbons (Fsp3) is 0.433. The third kappa shape index (κ3) is 7.52. The molecule has 7 heteroatoms. The van der Waals surface area contributed by atoms with E-state index in [1.165, 1.54) is 7.11 Å². The van der Waals surface area contributed by atoms with Crippen LogP contribution in [0.3, 0.4) is 0 Å². The minimum absolute atomic E-state index is 0.0189. The van der Waals surface area contributed by atoms with Crippen molar-refractivity contribution in [2.75, 3.05) is 7.11 Å². The number of aryl methyl sites for hydroxylation is 1. The fourth-order valence-corrected chi connectivity index (χ4v) is 5.06. The average molecular weight is 508 g/mol. The first-order valence-corrected chi connectivity index (χ1v) is 13.1. The quantitative estimate of drug-likeness (QED) is 0.256. The van der Waals surface area contributed by atoms with Crippen LogP contribution in [0.2, 0.25) is 0 Å². The van der Waals surface area contributed by atoms with Crippen LogP contribution in [0.5, 0.6) is 23.0 Å². The number of carbonyl (C=O) groups excluding carboxylic acids is 1. The van der Waals surface area contributed by atoms with Crippen molar-refractivity contribution in [3.8, 4) is 23.0 Å². The highest BCUT2D eigenvalue weighted by Crippen LogP contribution is 2.33. The molecule has 1 saturated carbocycles. The summed E-state index contributed by atoms with van der Waals surface area (Å²) >= 11 is 0. The van der Waals surface area contributed by atoms with Gasteiger partial charge in [-0.15, -0.1) is 0 Å². The molecule has 0 aliphatic heterocycles. The predicted octanol–water partition coefficient (Wildman–Crippen LogP) is 5.11. The Bertz CT molecular complexity index is 1150. The zero-order chi connectivity index (χ0) is 26.2. The summed E-state index contributed by atoms with van der Waals surface area (Å²) in [6, 6.07) is 12.4. The number of aromatic amines is 1. The van der Waals surface area contributed by atoms with Crippen LogP contribution in [0.4, 0.5) is 0 Å². The summed E-state index contributed by atoms with van der Waals surface area (Å²) in [5.41, 5.74) is 2.91. The van der Waals surface area contributed by atoms with Crippen molar-refractivity contribution in [3.63, 3.8) is 0 Å². The Balaban J connectivity index is 1.40. The molecule has 37 heavy (non-hydrogen) atoms. The molecule has 2 unspecified atom stereocenters. The van der Waals surface area contributed by atoms with Gasteiger partial charge in [-0.05, 0) is 97.9 Å². The van der Waals surface area contributed by atoms with Crippen LogP contribution in [0.1, 0.15) is 55.2 Å². The SMILES string of the molecule is COc1cc(CCC(=O)CC(O)C(Cc2cc[nH]c2)Cc2ccc(O)c(OC3CCCC3)c2)ccc1O. The number of carbonyl (C=O) groups is 1. The number of hydrogen-bond acceptors (Lipinski definition) is 6. The maximum Gasteiger partial charge on any atom is 0.161 e. The molecule has 198 valence electrons. The number of rotatable bonds is 13. The monoisotopic (exact) mass is 507 g/mol. The summed E-state index contributed by atoms with van der Waals surface area (Å²) in [4.78, 5) is 15.9. The standard InChI is InChI=1S/C30H37NO6/c1-36-29-16-20(7-10-26(29)33)6-9-24(32)18-28(35)23(15-22-12-13-31-19-22)14-21-8-11-27(34)30(17-21)37-25-4-2-3-5-25/h7-8,10-13,16-17,19,23,25,28,31,33-35H,2-6,9,14-15,18H2,1H3. The van der Waals surface area contributed by atoms with Crippen LogP contribution in [0.15, 0.2) is 54.9 Å². The molecule has 1 aliphatic rings. The van der Waals surface area contributed by atoms with Crippen molar-refractivity contribution < 1.29 is 29.6 Å². The number of aliphatic hydroxyl groups is 1. The van der Waals surface area contributed by atoms with Gasteiger partial charge in [0.05, 0.1) is 19.3 Å². The summed E-state index contributed by atoms with van der Waals surface area (Å²) in [5.74, 6) is 0.847. The molecule has 0 amide bonds. The van der Waals surface area contributed by atoms with E-state index in [0.717, 1.165) is 42.4 Å². The van der Waals surface area contributed by atoms with Crippen LogP contribution in [0.25, 0.3) is 0 Å². The van der Waals surface area contributed by atoms with Crippen LogP contribution in [-0.2, 0) is 24.1 Å². The van der Waals surface area contributed by atoms with Crippen molar-refractivity contribution in [2.24, 2.45) is 5.92 Å². The molecule has 3 aromatic rings. The molecule has 0 radical (unpaired) electrons. The number of Topliss-reactive ketones (excluding diaryl/α,β-unsaturated/α-hetero) is 1. The van der Waals surface area contributed by atoms with Gasteiger partial charge in [0.2, 0.25) is 0 Å². The normalized spacial score (nSPS) is 15.4. The molecule has 2 aromatic carbocycles. The number of aromatic hydroxyl groups is 2. The molecular formula is C30H37NO6. The van der Waals surface area contributed by atoms with E-state index in [-0.39, 0.29) is 35.7 Å². The Morgan fingerprint density at radius 1 is 0.973 bits per heavy atom. The van der Waals surface area contributed by atoms with E-state index in [1.807, 2.05) is 30.6 Å². The molecule has 1 aliphatic carbocycles. The minimum Gasteiger partial charge on any atom is -0.504 e. The molecule has 1 heterocycles. The average Bonchev–Trinajstić information content (AvgIpc) is 3.59. The summed E-state index contributed by atoms with van der Waals surface area (Å²) in [6.07, 6.45) is 9.39. The number of phenols is 2. The van der Waals surface area contributed by atoms with Gasteiger partial charge in [-0.1, -0.05) is 12.1 Å². The maximum atomic E-state index is 12.8. The number of ketones is 1. The van der Waals surface area contributed by atoms with Crippen LogP contribution in [0, 0.1) is 5.92 Å². The number of aromatic nitrogens is 1. The topological polar surface area (TPSA) is 112 Å². The molecule has 7 nitrogen and oxygen atoms in total. The van der Waals surface area contributed by atoms with Gasteiger partial charge >= 0.3 is 0 Å². The lowest BCUT2D eigenvalue weighted by Crippen LogP contribution is -2.27. The largest absolute Gasteiger partial charge is 0.504 e. The third-order valence-electron chi connectivity index (χ3n) is 7.20. The van der Waals surface area contributed by atoms with E-state index in [9.17, 15) is 20.1 Å². The number of ether oxygens (including phenoxy) is 2. The number of benzene rings is 2. The van der Waals surface area contributed by atoms with Crippen molar-refractivity contribution in [1.29, 1.82) is 0 Å². The number of nitrogens with one attached hydrogen (secondary N) is 1. The molecule has 4 N–H and O–H groups in total. The third-order valence-corrected chi connectivity index (χ3v) is 7.20. The second-order valence-electron chi connectivity index (χ2n) is 10.0. The predicted molar refractivity (Wildman–Crippen MR) is 141 cm³/mol. The van der Waals surface area contributed by atoms with Gasteiger partial charge in [0, 0.05) is 25.2 Å². The van der Waals surface area contributed by atoms with E-state index >= 15 is 0 Å². The van der Waals surface area contributed by atoms with Gasteiger partial charge in [-0.25, -0.2) is 0 Å². The zero-order valence-electron chi connectivity index (χ0n) is 21.4. The van der Waals surface area contributed by atoms with E-state index in [2.05, 4.69) is 4.98 Å². The first-order chi connectivity index (χ1) is 17.9. The molecule has 4 rings (SSSR count). The van der Waals surface area contributed by atoms with Gasteiger partial charge in [0.1, 0.15) is 5.78 Å². The van der Waals surface area contributed by atoms with E-state index in [0.29, 0.717) is 37.2 Å². The second kappa shape index (κ2) is 12.7. The fourth-order valence-electron chi connectivity index (χ4n) is 5.06. The summed E-state index contributed by atoms with van der Waals surface area (Å²) < 4.78 is 11.2. The van der Waals surface area contributed by atoms with Gasteiger partial charge < -0.3 is 29.8 Å². The van der Waals surface area contributed by atoms with Crippen LogP contribution in [-0.4, -0.2) is 45.4 Å². The Morgan fingerprint density at radius 3 is 2.35 bits per heavy atom. The Labute approximate surface area is 218 Å². The van der Waals surface area contributed by atoms with Crippen molar-refractivity contribution in [1.82, 2.24) is 4.98 Å². The number of phenolic OH excluding ortho intramolecular Hbond substituents is 2. The molecule has 0 bridgehead atoms.